The fraction of sp³-hybridized carbons (Fsp3) is 0.0588. The molecule has 0 saturated heterocycles. The van der Waals surface area contributed by atoms with Gasteiger partial charge in [0, 0.05) is 0 Å². The monoisotopic (exact) mass is 246 g/mol. The predicted octanol–water partition coefficient (Wildman–Crippen LogP) is 5.56. The summed E-state index contributed by atoms with van der Waals surface area (Å²) in [5.41, 5.74) is 2.97. The summed E-state index contributed by atoms with van der Waals surface area (Å²) in [6, 6.07) is 22.4. The fourth-order valence-electron chi connectivity index (χ4n) is 1.97. The van der Waals surface area contributed by atoms with Crippen LogP contribution in [0.3, 0.4) is 0 Å². The molecular weight excluding hydrogens is 232 g/mol. The molecule has 3 aromatic carbocycles. The minimum atomic E-state index is 0.874. The Hall–Kier alpha value is -2.48. The highest BCUT2D eigenvalue weighted by molar-refractivity contribution is 5.85. The first-order valence-corrected chi connectivity index (χ1v) is 6.28. The number of rotatable bonds is 2. The van der Waals surface area contributed by atoms with Crippen molar-refractivity contribution >= 4 is 22.1 Å². The highest BCUT2D eigenvalue weighted by Gasteiger charge is 1.95. The molecule has 0 N–H and O–H groups in total. The third-order valence-electron chi connectivity index (χ3n) is 3.05. The minimum Gasteiger partial charge on any atom is -0.151 e. The van der Waals surface area contributed by atoms with Crippen LogP contribution >= 0.6 is 0 Å². The van der Waals surface area contributed by atoms with E-state index in [4.69, 9.17) is 0 Å². The topological polar surface area (TPSA) is 24.7 Å². The highest BCUT2D eigenvalue weighted by Crippen LogP contribution is 2.23. The molecule has 0 aliphatic carbocycles. The summed E-state index contributed by atoms with van der Waals surface area (Å²) >= 11 is 0. The van der Waals surface area contributed by atoms with Crippen molar-refractivity contribution in [1.82, 2.24) is 0 Å². The van der Waals surface area contributed by atoms with Crippen molar-refractivity contribution in [3.8, 4) is 0 Å². The molecule has 0 amide bonds. The Morgan fingerprint density at radius 1 is 0.632 bits per heavy atom. The summed E-state index contributed by atoms with van der Waals surface area (Å²) in [4.78, 5) is 0. The normalized spacial score (nSPS) is 11.2. The van der Waals surface area contributed by atoms with Crippen LogP contribution in [0.4, 0.5) is 11.4 Å². The first kappa shape index (κ1) is 11.6. The number of benzene rings is 3. The zero-order valence-electron chi connectivity index (χ0n) is 10.7. The van der Waals surface area contributed by atoms with Gasteiger partial charge >= 0.3 is 0 Å². The molecule has 0 fully saturated rings. The van der Waals surface area contributed by atoms with Gasteiger partial charge in [-0.1, -0.05) is 48.0 Å². The first-order valence-electron chi connectivity index (χ1n) is 6.28. The van der Waals surface area contributed by atoms with Gasteiger partial charge in [-0.25, -0.2) is 0 Å². The summed E-state index contributed by atoms with van der Waals surface area (Å²) in [5, 5.41) is 10.9. The number of azo groups is 1. The van der Waals surface area contributed by atoms with E-state index < -0.39 is 0 Å². The van der Waals surface area contributed by atoms with Crippen molar-refractivity contribution < 1.29 is 0 Å². The number of fused-ring (bicyclic) bond motifs is 1. The van der Waals surface area contributed by atoms with E-state index >= 15 is 0 Å². The van der Waals surface area contributed by atoms with Gasteiger partial charge in [0.15, 0.2) is 0 Å². The van der Waals surface area contributed by atoms with Crippen LogP contribution in [0.15, 0.2) is 77.0 Å². The molecular formula is C17H14N2. The molecule has 2 nitrogen and oxygen atoms in total. The third-order valence-corrected chi connectivity index (χ3v) is 3.05. The first-order chi connectivity index (χ1) is 9.31. The molecule has 0 unspecified atom stereocenters. The van der Waals surface area contributed by atoms with Crippen LogP contribution in [0, 0.1) is 6.92 Å². The zero-order valence-corrected chi connectivity index (χ0v) is 10.7. The molecule has 92 valence electrons. The van der Waals surface area contributed by atoms with E-state index in [-0.39, 0.29) is 0 Å². The minimum absolute atomic E-state index is 0.874. The van der Waals surface area contributed by atoms with Crippen molar-refractivity contribution in [2.24, 2.45) is 10.2 Å². The van der Waals surface area contributed by atoms with Gasteiger partial charge in [-0.05, 0) is 42.0 Å². The van der Waals surface area contributed by atoms with Crippen LogP contribution < -0.4 is 0 Å². The fourth-order valence-corrected chi connectivity index (χ4v) is 1.97. The van der Waals surface area contributed by atoms with Gasteiger partial charge in [0.2, 0.25) is 0 Å². The molecule has 0 aromatic heterocycles. The molecule has 2 heteroatoms. The Balaban J connectivity index is 1.90. The molecule has 0 aliphatic heterocycles. The molecule has 19 heavy (non-hydrogen) atoms. The van der Waals surface area contributed by atoms with Gasteiger partial charge in [0.1, 0.15) is 0 Å². The lowest BCUT2D eigenvalue weighted by atomic mass is 10.1. The Labute approximate surface area is 112 Å². The van der Waals surface area contributed by atoms with Crippen LogP contribution in [0.1, 0.15) is 5.56 Å². The van der Waals surface area contributed by atoms with E-state index in [1.807, 2.05) is 48.5 Å². The molecule has 0 heterocycles. The Morgan fingerprint density at radius 2 is 1.26 bits per heavy atom. The largest absolute Gasteiger partial charge is 0.151 e. The third kappa shape index (κ3) is 2.68. The maximum atomic E-state index is 4.28. The van der Waals surface area contributed by atoms with Crippen molar-refractivity contribution in [1.29, 1.82) is 0 Å². The summed E-state index contributed by atoms with van der Waals surface area (Å²) in [6.07, 6.45) is 0. The summed E-state index contributed by atoms with van der Waals surface area (Å²) in [6.45, 7) is 2.06. The molecule has 3 aromatic rings. The van der Waals surface area contributed by atoms with Crippen LogP contribution in [0.25, 0.3) is 10.8 Å². The lowest BCUT2D eigenvalue weighted by Gasteiger charge is -1.98. The zero-order chi connectivity index (χ0) is 13.1. The van der Waals surface area contributed by atoms with E-state index in [2.05, 4.69) is 35.4 Å². The quantitative estimate of drug-likeness (QED) is 0.528. The Bertz CT molecular complexity index is 728. The molecule has 0 atom stereocenters. The second-order valence-corrected chi connectivity index (χ2v) is 4.57. The van der Waals surface area contributed by atoms with Gasteiger partial charge < -0.3 is 0 Å². The van der Waals surface area contributed by atoms with Crippen LogP contribution in [-0.4, -0.2) is 0 Å². The number of aryl methyl sites for hydroxylation is 1. The van der Waals surface area contributed by atoms with Gasteiger partial charge in [-0.3, -0.25) is 0 Å². The van der Waals surface area contributed by atoms with E-state index in [1.165, 1.54) is 16.3 Å². The summed E-state index contributed by atoms with van der Waals surface area (Å²) in [5.74, 6) is 0. The average Bonchev–Trinajstić information content (AvgIpc) is 2.46. The van der Waals surface area contributed by atoms with E-state index in [1.54, 1.807) is 0 Å². The predicted molar refractivity (Wildman–Crippen MR) is 79.3 cm³/mol. The van der Waals surface area contributed by atoms with Crippen molar-refractivity contribution in [3.63, 3.8) is 0 Å². The van der Waals surface area contributed by atoms with E-state index in [0.717, 1.165) is 11.4 Å². The van der Waals surface area contributed by atoms with Gasteiger partial charge in [0.25, 0.3) is 0 Å². The van der Waals surface area contributed by atoms with Crippen LogP contribution in [0.5, 0.6) is 0 Å². The van der Waals surface area contributed by atoms with Gasteiger partial charge in [-0.15, -0.1) is 0 Å². The smallest absolute Gasteiger partial charge is 0.0863 e. The lowest BCUT2D eigenvalue weighted by molar-refractivity contribution is 1.23. The van der Waals surface area contributed by atoms with E-state index in [0.29, 0.717) is 0 Å². The molecule has 0 aliphatic rings. The molecule has 0 bridgehead atoms. The maximum Gasteiger partial charge on any atom is 0.0863 e. The van der Waals surface area contributed by atoms with Crippen LogP contribution in [-0.2, 0) is 0 Å². The summed E-state index contributed by atoms with van der Waals surface area (Å²) in [7, 11) is 0. The summed E-state index contributed by atoms with van der Waals surface area (Å²) < 4.78 is 0. The second-order valence-electron chi connectivity index (χ2n) is 4.57. The van der Waals surface area contributed by atoms with E-state index in [9.17, 15) is 0 Å². The van der Waals surface area contributed by atoms with Crippen LogP contribution in [0.2, 0.25) is 0 Å². The SMILES string of the molecule is Cc1ccc(N=Nc2ccc3ccccc3c2)cc1. The lowest BCUT2D eigenvalue weighted by Crippen LogP contribution is -1.71. The average molecular weight is 246 g/mol. The van der Waals surface area contributed by atoms with Crippen molar-refractivity contribution in [3.05, 3.63) is 72.3 Å². The second kappa shape index (κ2) is 5.02. The molecule has 0 spiro atoms. The molecule has 0 saturated carbocycles. The standard InChI is InChI=1S/C17H14N2/c1-13-6-9-16(10-7-13)18-19-17-11-8-14-4-2-3-5-15(14)12-17/h2-12H,1H3. The number of nitrogens with zero attached hydrogens (tertiary/aromatic N) is 2. The van der Waals surface area contributed by atoms with Crippen molar-refractivity contribution in [2.45, 2.75) is 6.92 Å². The highest BCUT2D eigenvalue weighted by atomic mass is 15.1. The Morgan fingerprint density at radius 3 is 2.05 bits per heavy atom. The number of hydrogen-bond donors (Lipinski definition) is 0. The van der Waals surface area contributed by atoms with Crippen molar-refractivity contribution in [2.75, 3.05) is 0 Å². The Kier molecular flexibility index (Phi) is 3.07. The maximum absolute atomic E-state index is 4.28. The molecule has 0 radical (unpaired) electrons. The van der Waals surface area contributed by atoms with Gasteiger partial charge in [0.05, 0.1) is 11.4 Å². The number of hydrogen-bond acceptors (Lipinski definition) is 2. The van der Waals surface area contributed by atoms with Gasteiger partial charge in [-0.2, -0.15) is 10.2 Å². The molecule has 3 rings (SSSR count).